The zero-order valence-electron chi connectivity index (χ0n) is 8.27. The van der Waals surface area contributed by atoms with Crippen molar-refractivity contribution in [2.75, 3.05) is 19.8 Å². The fraction of sp³-hybridized carbons (Fsp3) is 1.00. The Hall–Kier alpha value is -0.540. The van der Waals surface area contributed by atoms with E-state index in [0.29, 0.717) is 13.2 Å². The summed E-state index contributed by atoms with van der Waals surface area (Å²) in [6.45, 7) is 3.20. The molecule has 1 unspecified atom stereocenters. The van der Waals surface area contributed by atoms with Crippen molar-refractivity contribution >= 4 is 0 Å². The average molecular weight is 258 g/mol. The van der Waals surface area contributed by atoms with Gasteiger partial charge in [-0.15, -0.1) is 0 Å². The van der Waals surface area contributed by atoms with E-state index in [2.05, 4.69) is 0 Å². The highest BCUT2D eigenvalue weighted by molar-refractivity contribution is 4.76. The molecule has 2 N–H and O–H groups in total. The van der Waals surface area contributed by atoms with Crippen LogP contribution in [-0.2, 0) is 4.74 Å². The molecule has 9 heteroatoms. The predicted octanol–water partition coefficient (Wildman–Crippen LogP) is 1.49. The van der Waals surface area contributed by atoms with Crippen molar-refractivity contribution in [3.8, 4) is 0 Å². The van der Waals surface area contributed by atoms with Gasteiger partial charge in [0.2, 0.25) is 0 Å². The lowest BCUT2D eigenvalue weighted by Gasteiger charge is -2.20. The number of hydrogen-bond donors (Lipinski definition) is 2. The third-order valence-corrected chi connectivity index (χ3v) is 1.13. The Balaban J connectivity index is 0. The molecule has 0 aliphatic heterocycles. The number of alkyl halides is 6. The summed E-state index contributed by atoms with van der Waals surface area (Å²) in [7, 11) is 0. The van der Waals surface area contributed by atoms with Crippen LogP contribution in [0.2, 0.25) is 0 Å². The maximum absolute atomic E-state index is 11.4. The van der Waals surface area contributed by atoms with Crippen LogP contribution < -0.4 is 0 Å². The van der Waals surface area contributed by atoms with E-state index >= 15 is 0 Å². The first-order valence-corrected chi connectivity index (χ1v) is 4.06. The number of halogens is 6. The molecule has 0 aromatic rings. The Morgan fingerprint density at radius 3 is 1.69 bits per heavy atom. The van der Waals surface area contributed by atoms with E-state index in [-0.39, 0.29) is 6.61 Å². The van der Waals surface area contributed by atoms with Crippen molar-refractivity contribution in [1.29, 1.82) is 0 Å². The van der Waals surface area contributed by atoms with Crippen molar-refractivity contribution < 1.29 is 41.3 Å². The number of hydrogen-bond acceptors (Lipinski definition) is 3. The first kappa shape index (κ1) is 17.8. The topological polar surface area (TPSA) is 49.7 Å². The molecule has 16 heavy (non-hydrogen) atoms. The highest BCUT2D eigenvalue weighted by Gasteiger charge is 2.62. The number of aliphatic hydroxyl groups is 2. The summed E-state index contributed by atoms with van der Waals surface area (Å²) in [4.78, 5) is 0. The summed E-state index contributed by atoms with van der Waals surface area (Å²) in [5.41, 5.74) is 0. The van der Waals surface area contributed by atoms with Crippen LogP contribution in [0.5, 0.6) is 0 Å². The summed E-state index contributed by atoms with van der Waals surface area (Å²) in [5.74, 6) is -5.40. The molecular weight excluding hydrogens is 246 g/mol. The second kappa shape index (κ2) is 7.69. The van der Waals surface area contributed by atoms with Crippen molar-refractivity contribution in [3.63, 3.8) is 0 Å². The van der Waals surface area contributed by atoms with E-state index < -0.39 is 18.5 Å². The molecule has 0 bridgehead atoms. The number of aliphatic hydroxyl groups excluding tert-OH is 1. The molecule has 0 aromatic carbocycles. The maximum Gasteiger partial charge on any atom is 0.454 e. The minimum absolute atomic E-state index is 0.133. The Labute approximate surface area is 87.6 Å². The van der Waals surface area contributed by atoms with Crippen molar-refractivity contribution in [3.05, 3.63) is 0 Å². The van der Waals surface area contributed by atoms with Gasteiger partial charge in [0.15, 0.2) is 0 Å². The molecule has 100 valence electrons. The summed E-state index contributed by atoms with van der Waals surface area (Å²) in [5, 5.41) is 15.5. The molecule has 0 radical (unpaired) electrons. The molecule has 0 amide bonds. The molecule has 3 nitrogen and oxygen atoms in total. The monoisotopic (exact) mass is 258 g/mol. The molecule has 0 heterocycles. The van der Waals surface area contributed by atoms with Gasteiger partial charge in [-0.2, -0.15) is 17.6 Å². The quantitative estimate of drug-likeness (QED) is 0.593. The first-order valence-electron chi connectivity index (χ1n) is 4.06. The Morgan fingerprint density at radius 1 is 1.19 bits per heavy atom. The van der Waals surface area contributed by atoms with Gasteiger partial charge in [-0.25, -0.2) is 8.78 Å². The maximum atomic E-state index is 11.4. The zero-order chi connectivity index (χ0) is 13.4. The van der Waals surface area contributed by atoms with Gasteiger partial charge in [0.1, 0.15) is 0 Å². The van der Waals surface area contributed by atoms with Gasteiger partial charge in [-0.3, -0.25) is 0 Å². The average Bonchev–Trinajstić information content (AvgIpc) is 2.13. The van der Waals surface area contributed by atoms with Crippen LogP contribution in [0, 0.1) is 0 Å². The summed E-state index contributed by atoms with van der Waals surface area (Å²) in [6.07, 6.45) is -10.4. The summed E-state index contributed by atoms with van der Waals surface area (Å²) < 4.78 is 71.0. The molecule has 0 spiro atoms. The standard InChI is InChI=1S/C4H10O2.C3H2F6O/c1-2-6-4-3-5;4-1(5)2(6,10)3(7,8)9/h5H,2-4H2,1H3;1,10H. The lowest BCUT2D eigenvalue weighted by molar-refractivity contribution is -0.352. The minimum atomic E-state index is -5.94. The highest BCUT2D eigenvalue weighted by atomic mass is 19.4. The molecule has 1 atom stereocenters. The van der Waals surface area contributed by atoms with Gasteiger partial charge in [0, 0.05) is 6.61 Å². The van der Waals surface area contributed by atoms with Gasteiger partial charge in [-0.05, 0) is 6.92 Å². The van der Waals surface area contributed by atoms with Gasteiger partial charge >= 0.3 is 18.5 Å². The molecule has 0 rings (SSSR count). The van der Waals surface area contributed by atoms with Crippen LogP contribution in [0.4, 0.5) is 26.3 Å². The Bertz CT molecular complexity index is 166. The van der Waals surface area contributed by atoms with E-state index in [4.69, 9.17) is 14.9 Å². The van der Waals surface area contributed by atoms with Crippen LogP contribution >= 0.6 is 0 Å². The molecule has 0 fully saturated rings. The van der Waals surface area contributed by atoms with E-state index in [1.807, 2.05) is 6.92 Å². The SMILES string of the molecule is CCOCCO.OC(F)(C(F)F)C(F)(F)F. The summed E-state index contributed by atoms with van der Waals surface area (Å²) in [6, 6.07) is 0. The predicted molar refractivity (Wildman–Crippen MR) is 41.7 cm³/mol. The molecule has 0 saturated heterocycles. The smallest absolute Gasteiger partial charge is 0.394 e. The van der Waals surface area contributed by atoms with E-state index in [1.165, 1.54) is 0 Å². The second-order valence-electron chi connectivity index (χ2n) is 2.39. The van der Waals surface area contributed by atoms with Crippen molar-refractivity contribution in [1.82, 2.24) is 0 Å². The fourth-order valence-electron chi connectivity index (χ4n) is 0.333. The van der Waals surface area contributed by atoms with Gasteiger partial charge in [-0.1, -0.05) is 0 Å². The first-order chi connectivity index (χ1) is 7.11. The molecule has 0 saturated carbocycles. The van der Waals surface area contributed by atoms with Crippen molar-refractivity contribution in [2.45, 2.75) is 25.4 Å². The largest absolute Gasteiger partial charge is 0.454 e. The van der Waals surface area contributed by atoms with Crippen LogP contribution in [-0.4, -0.2) is 48.5 Å². The highest BCUT2D eigenvalue weighted by Crippen LogP contribution is 2.36. The number of ether oxygens (including phenoxy) is 1. The van der Waals surface area contributed by atoms with Crippen LogP contribution in [0.3, 0.4) is 0 Å². The summed E-state index contributed by atoms with van der Waals surface area (Å²) >= 11 is 0. The molecular formula is C7H12F6O3. The Morgan fingerprint density at radius 2 is 1.62 bits per heavy atom. The van der Waals surface area contributed by atoms with Gasteiger partial charge in [0.05, 0.1) is 13.2 Å². The normalized spacial score (nSPS) is 15.4. The molecule has 0 aliphatic rings. The minimum Gasteiger partial charge on any atom is -0.394 e. The van der Waals surface area contributed by atoms with Crippen LogP contribution in [0.1, 0.15) is 6.92 Å². The van der Waals surface area contributed by atoms with E-state index in [0.717, 1.165) is 0 Å². The van der Waals surface area contributed by atoms with Crippen LogP contribution in [0.25, 0.3) is 0 Å². The van der Waals surface area contributed by atoms with Gasteiger partial charge in [0.25, 0.3) is 0 Å². The molecule has 0 aliphatic carbocycles. The zero-order valence-corrected chi connectivity index (χ0v) is 8.27. The Kier molecular flexibility index (Phi) is 8.57. The van der Waals surface area contributed by atoms with Gasteiger partial charge < -0.3 is 14.9 Å². The second-order valence-corrected chi connectivity index (χ2v) is 2.39. The lowest BCUT2D eigenvalue weighted by Crippen LogP contribution is -2.47. The molecule has 0 aromatic heterocycles. The van der Waals surface area contributed by atoms with Crippen molar-refractivity contribution in [2.24, 2.45) is 0 Å². The third-order valence-electron chi connectivity index (χ3n) is 1.13. The van der Waals surface area contributed by atoms with E-state index in [1.54, 1.807) is 0 Å². The van der Waals surface area contributed by atoms with Crippen LogP contribution in [0.15, 0.2) is 0 Å². The lowest BCUT2D eigenvalue weighted by atomic mass is 10.3. The fourth-order valence-corrected chi connectivity index (χ4v) is 0.333. The third kappa shape index (κ3) is 6.85. The number of rotatable bonds is 4. The van der Waals surface area contributed by atoms with E-state index in [9.17, 15) is 26.3 Å².